The highest BCUT2D eigenvalue weighted by Gasteiger charge is 2.16. The minimum atomic E-state index is -0.253. The summed E-state index contributed by atoms with van der Waals surface area (Å²) in [5, 5.41) is 2.91. The minimum absolute atomic E-state index is 0.253. The fourth-order valence-corrected chi connectivity index (χ4v) is 2.56. The smallest absolute Gasteiger partial charge is 0.274 e. The van der Waals surface area contributed by atoms with Gasteiger partial charge >= 0.3 is 0 Å². The lowest BCUT2D eigenvalue weighted by Crippen LogP contribution is -2.16. The molecule has 0 spiro atoms. The van der Waals surface area contributed by atoms with Crippen LogP contribution >= 0.6 is 0 Å². The molecule has 0 saturated carbocycles. The van der Waals surface area contributed by atoms with Crippen LogP contribution in [0.5, 0.6) is 11.5 Å². The summed E-state index contributed by atoms with van der Waals surface area (Å²) in [7, 11) is 3.14. The van der Waals surface area contributed by atoms with Gasteiger partial charge in [0.05, 0.1) is 26.7 Å². The quantitative estimate of drug-likeness (QED) is 0.774. The Morgan fingerprint density at radius 1 is 1.08 bits per heavy atom. The van der Waals surface area contributed by atoms with Gasteiger partial charge in [0.25, 0.3) is 5.91 Å². The normalized spacial score (nSPS) is 10.4. The van der Waals surface area contributed by atoms with Crippen LogP contribution in [0.25, 0.3) is 5.69 Å². The molecule has 1 aromatic heterocycles. The summed E-state index contributed by atoms with van der Waals surface area (Å²) < 4.78 is 12.3. The van der Waals surface area contributed by atoms with Gasteiger partial charge in [-0.3, -0.25) is 9.36 Å². The van der Waals surface area contributed by atoms with E-state index in [2.05, 4.69) is 10.3 Å². The molecule has 0 aliphatic heterocycles. The van der Waals surface area contributed by atoms with Gasteiger partial charge in [-0.15, -0.1) is 0 Å². The zero-order valence-corrected chi connectivity index (χ0v) is 14.3. The minimum Gasteiger partial charge on any atom is -0.493 e. The number of nitrogens with zero attached hydrogens (tertiary/aromatic N) is 2. The number of para-hydroxylation sites is 1. The first-order chi connectivity index (χ1) is 12.1. The maximum atomic E-state index is 12.7. The van der Waals surface area contributed by atoms with Gasteiger partial charge in [-0.1, -0.05) is 18.2 Å². The molecule has 0 unspecified atom stereocenters. The van der Waals surface area contributed by atoms with E-state index in [-0.39, 0.29) is 5.91 Å². The third-order valence-electron chi connectivity index (χ3n) is 3.88. The lowest BCUT2D eigenvalue weighted by molar-refractivity contribution is 0.102. The number of aromatic nitrogens is 2. The summed E-state index contributed by atoms with van der Waals surface area (Å²) in [6.45, 7) is 1.89. The van der Waals surface area contributed by atoms with Gasteiger partial charge in [0, 0.05) is 17.4 Å². The first-order valence-corrected chi connectivity index (χ1v) is 7.75. The number of hydrogen-bond donors (Lipinski definition) is 1. The second kappa shape index (κ2) is 7.09. The van der Waals surface area contributed by atoms with E-state index < -0.39 is 0 Å². The number of hydrogen-bond acceptors (Lipinski definition) is 4. The topological polar surface area (TPSA) is 65.4 Å². The molecule has 128 valence electrons. The molecule has 0 radical (unpaired) electrons. The molecule has 0 saturated heterocycles. The number of carbonyl (C=O) groups is 1. The molecule has 0 aliphatic carbocycles. The summed E-state index contributed by atoms with van der Waals surface area (Å²) in [6, 6.07) is 13.1. The van der Waals surface area contributed by atoms with Crippen molar-refractivity contribution >= 4 is 11.6 Å². The third-order valence-corrected chi connectivity index (χ3v) is 3.88. The van der Waals surface area contributed by atoms with Crippen LogP contribution in [0.15, 0.2) is 55.0 Å². The Hall–Kier alpha value is -3.28. The number of rotatable bonds is 5. The number of aryl methyl sites for hydroxylation is 1. The Morgan fingerprint density at radius 2 is 1.76 bits per heavy atom. The number of ether oxygens (including phenoxy) is 2. The van der Waals surface area contributed by atoms with Crippen molar-refractivity contribution in [1.29, 1.82) is 0 Å². The molecule has 0 bridgehead atoms. The fourth-order valence-electron chi connectivity index (χ4n) is 2.56. The highest BCUT2D eigenvalue weighted by Crippen LogP contribution is 2.33. The Morgan fingerprint density at radius 3 is 2.44 bits per heavy atom. The number of amides is 1. The van der Waals surface area contributed by atoms with E-state index >= 15 is 0 Å². The predicted molar refractivity (Wildman–Crippen MR) is 95.8 cm³/mol. The predicted octanol–water partition coefficient (Wildman–Crippen LogP) is 3.45. The van der Waals surface area contributed by atoms with E-state index in [1.807, 2.05) is 43.3 Å². The highest BCUT2D eigenvalue weighted by atomic mass is 16.5. The van der Waals surface area contributed by atoms with Gasteiger partial charge in [-0.05, 0) is 30.7 Å². The van der Waals surface area contributed by atoms with Crippen LogP contribution in [0.3, 0.4) is 0 Å². The number of nitrogens with one attached hydrogen (secondary N) is 1. The molecule has 6 heteroatoms. The third kappa shape index (κ3) is 3.33. The van der Waals surface area contributed by atoms with Crippen molar-refractivity contribution in [3.63, 3.8) is 0 Å². The number of benzene rings is 2. The molecule has 2 aromatic carbocycles. The molecule has 6 nitrogen and oxygen atoms in total. The zero-order valence-electron chi connectivity index (χ0n) is 14.3. The van der Waals surface area contributed by atoms with E-state index in [4.69, 9.17) is 9.47 Å². The van der Waals surface area contributed by atoms with E-state index in [1.165, 1.54) is 0 Å². The van der Waals surface area contributed by atoms with Crippen molar-refractivity contribution in [2.75, 3.05) is 19.5 Å². The van der Waals surface area contributed by atoms with Gasteiger partial charge in [0.15, 0.2) is 11.5 Å². The number of carbonyl (C=O) groups excluding carboxylic acids is 1. The Labute approximate surface area is 146 Å². The number of imidazole rings is 1. The summed E-state index contributed by atoms with van der Waals surface area (Å²) in [5.74, 6) is 0.920. The lowest BCUT2D eigenvalue weighted by atomic mass is 10.1. The Bertz CT molecular complexity index is 888. The van der Waals surface area contributed by atoms with E-state index in [9.17, 15) is 4.79 Å². The van der Waals surface area contributed by atoms with Crippen molar-refractivity contribution in [3.8, 4) is 17.2 Å². The monoisotopic (exact) mass is 337 g/mol. The van der Waals surface area contributed by atoms with Crippen LogP contribution in [0.2, 0.25) is 0 Å². The second-order valence-electron chi connectivity index (χ2n) is 5.46. The van der Waals surface area contributed by atoms with Crippen molar-refractivity contribution in [2.24, 2.45) is 0 Å². The zero-order chi connectivity index (χ0) is 17.8. The molecule has 25 heavy (non-hydrogen) atoms. The Kier molecular flexibility index (Phi) is 4.70. The molecule has 0 aliphatic rings. The van der Waals surface area contributed by atoms with Gasteiger partial charge in [0.1, 0.15) is 5.69 Å². The molecular weight excluding hydrogens is 318 g/mol. The fraction of sp³-hybridized carbons (Fsp3) is 0.158. The maximum Gasteiger partial charge on any atom is 0.274 e. The second-order valence-corrected chi connectivity index (χ2v) is 5.46. The molecule has 1 heterocycles. The van der Waals surface area contributed by atoms with Crippen molar-refractivity contribution in [1.82, 2.24) is 9.55 Å². The lowest BCUT2D eigenvalue weighted by Gasteiger charge is -2.14. The average Bonchev–Trinajstić information content (AvgIpc) is 3.13. The molecule has 0 atom stereocenters. The largest absolute Gasteiger partial charge is 0.493 e. The summed E-state index contributed by atoms with van der Waals surface area (Å²) in [5.41, 5.74) is 2.84. The van der Waals surface area contributed by atoms with Gasteiger partial charge in [0.2, 0.25) is 0 Å². The molecule has 1 N–H and O–H groups in total. The molecule has 0 fully saturated rings. The van der Waals surface area contributed by atoms with Crippen molar-refractivity contribution < 1.29 is 14.3 Å². The van der Waals surface area contributed by atoms with Crippen LogP contribution in [-0.4, -0.2) is 29.7 Å². The van der Waals surface area contributed by atoms with Crippen LogP contribution in [0.4, 0.5) is 5.69 Å². The van der Waals surface area contributed by atoms with Crippen LogP contribution < -0.4 is 14.8 Å². The summed E-state index contributed by atoms with van der Waals surface area (Å²) >= 11 is 0. The van der Waals surface area contributed by atoms with Crippen LogP contribution in [0.1, 0.15) is 16.1 Å². The first-order valence-electron chi connectivity index (χ1n) is 7.75. The van der Waals surface area contributed by atoms with Gasteiger partial charge < -0.3 is 14.8 Å². The number of anilines is 1. The van der Waals surface area contributed by atoms with E-state index in [0.717, 1.165) is 11.3 Å². The molecule has 3 aromatic rings. The van der Waals surface area contributed by atoms with E-state index in [1.54, 1.807) is 37.4 Å². The highest BCUT2D eigenvalue weighted by molar-refractivity contribution is 6.04. The summed E-state index contributed by atoms with van der Waals surface area (Å²) in [6.07, 6.45) is 3.16. The Balaban J connectivity index is 1.91. The van der Waals surface area contributed by atoms with Crippen molar-refractivity contribution in [3.05, 3.63) is 66.2 Å². The SMILES string of the molecule is COc1cc(C)c(NC(=O)c2cncn2-c2ccccc2)cc1OC. The summed E-state index contributed by atoms with van der Waals surface area (Å²) in [4.78, 5) is 16.8. The van der Waals surface area contributed by atoms with Gasteiger partial charge in [-0.2, -0.15) is 0 Å². The molecular formula is C19H19N3O3. The maximum absolute atomic E-state index is 12.7. The number of methoxy groups -OCH3 is 2. The molecule has 1 amide bonds. The first kappa shape index (κ1) is 16.6. The van der Waals surface area contributed by atoms with Crippen molar-refractivity contribution in [2.45, 2.75) is 6.92 Å². The van der Waals surface area contributed by atoms with Gasteiger partial charge in [-0.25, -0.2) is 4.98 Å². The standard InChI is InChI=1S/C19H19N3O3/c1-13-9-17(24-2)18(25-3)10-15(13)21-19(23)16-11-20-12-22(16)14-7-5-4-6-8-14/h4-12H,1-3H3,(H,21,23). The van der Waals surface area contributed by atoms with Crippen LogP contribution in [0, 0.1) is 6.92 Å². The van der Waals surface area contributed by atoms with Crippen LogP contribution in [-0.2, 0) is 0 Å². The molecule has 3 rings (SSSR count). The average molecular weight is 337 g/mol. The van der Waals surface area contributed by atoms with E-state index in [0.29, 0.717) is 22.9 Å².